The molecule has 5 heterocycles. The highest BCUT2D eigenvalue weighted by molar-refractivity contribution is 6.10. The molecule has 2 aliphatic heterocycles. The van der Waals surface area contributed by atoms with Crippen LogP contribution in [0.15, 0.2) is 28.7 Å². The van der Waals surface area contributed by atoms with Crippen LogP contribution in [0.2, 0.25) is 0 Å². The number of aromatic nitrogens is 4. The van der Waals surface area contributed by atoms with Crippen LogP contribution in [0.25, 0.3) is 11.6 Å². The second-order valence-electron chi connectivity index (χ2n) is 8.20. The lowest BCUT2D eigenvalue weighted by atomic mass is 10.1. The number of rotatable bonds is 5. The molecule has 2 amide bonds. The molecule has 0 unspecified atom stereocenters. The summed E-state index contributed by atoms with van der Waals surface area (Å²) in [6.07, 6.45) is 0.956. The molecule has 33 heavy (non-hydrogen) atoms. The topological polar surface area (TPSA) is 138 Å². The van der Waals surface area contributed by atoms with Crippen LogP contribution in [-0.4, -0.2) is 49.9 Å². The van der Waals surface area contributed by atoms with E-state index in [1.54, 1.807) is 30.0 Å². The van der Waals surface area contributed by atoms with Crippen LogP contribution in [0.3, 0.4) is 0 Å². The molecule has 2 N–H and O–H groups in total. The lowest BCUT2D eigenvalue weighted by Crippen LogP contribution is -2.29. The van der Waals surface area contributed by atoms with Gasteiger partial charge in [0.05, 0.1) is 24.3 Å². The Morgan fingerprint density at radius 2 is 2.12 bits per heavy atom. The second-order valence-corrected chi connectivity index (χ2v) is 8.20. The van der Waals surface area contributed by atoms with E-state index in [-0.39, 0.29) is 24.9 Å². The van der Waals surface area contributed by atoms with Crippen molar-refractivity contribution in [3.8, 4) is 11.6 Å². The summed E-state index contributed by atoms with van der Waals surface area (Å²) in [5.41, 5.74) is 2.23. The van der Waals surface area contributed by atoms with Crippen molar-refractivity contribution in [1.82, 2.24) is 25.5 Å². The average molecular weight is 449 g/mol. The van der Waals surface area contributed by atoms with E-state index >= 15 is 0 Å². The zero-order valence-corrected chi connectivity index (χ0v) is 18.3. The summed E-state index contributed by atoms with van der Waals surface area (Å²) >= 11 is 0. The van der Waals surface area contributed by atoms with Crippen molar-refractivity contribution >= 4 is 23.6 Å². The number of aryl methyl sites for hydroxylation is 1. The van der Waals surface area contributed by atoms with Crippen molar-refractivity contribution in [2.24, 2.45) is 0 Å². The van der Waals surface area contributed by atoms with Gasteiger partial charge >= 0.3 is 6.09 Å². The zero-order valence-electron chi connectivity index (χ0n) is 18.3. The Morgan fingerprint density at radius 3 is 2.82 bits per heavy atom. The van der Waals surface area contributed by atoms with Crippen molar-refractivity contribution in [3.63, 3.8) is 0 Å². The molecule has 170 valence electrons. The minimum Gasteiger partial charge on any atom is -0.465 e. The minimum atomic E-state index is -1.14. The number of nitrogens with zero attached hydrogens (tertiary/aromatic N) is 6. The van der Waals surface area contributed by atoms with Crippen molar-refractivity contribution in [1.29, 1.82) is 0 Å². The molecule has 1 saturated heterocycles. The number of pyridine rings is 2. The maximum atomic E-state index is 13.4. The number of hydrogen-bond donors (Lipinski definition) is 2. The summed E-state index contributed by atoms with van der Waals surface area (Å²) in [5.74, 6) is 1.63. The first-order valence-electron chi connectivity index (χ1n) is 10.8. The molecular formula is C22H23N7O4. The summed E-state index contributed by atoms with van der Waals surface area (Å²) in [6, 6.07) is 7.37. The first kappa shape index (κ1) is 20.9. The number of hydrogen-bond acceptors (Lipinski definition) is 8. The Labute approximate surface area is 189 Å². The molecule has 11 nitrogen and oxygen atoms in total. The smallest absolute Gasteiger partial charge is 0.404 e. The maximum Gasteiger partial charge on any atom is 0.404 e. The summed E-state index contributed by atoms with van der Waals surface area (Å²) in [5, 5.41) is 19.3. The summed E-state index contributed by atoms with van der Waals surface area (Å²) < 4.78 is 5.46. The van der Waals surface area contributed by atoms with Crippen LogP contribution in [0, 0.1) is 6.92 Å². The average Bonchev–Trinajstić information content (AvgIpc) is 3.51. The summed E-state index contributed by atoms with van der Waals surface area (Å²) in [6.45, 7) is 4.93. The first-order chi connectivity index (χ1) is 15.9. The summed E-state index contributed by atoms with van der Waals surface area (Å²) in [7, 11) is 0. The number of amides is 2. The number of fused-ring (bicyclic) bond motifs is 1. The van der Waals surface area contributed by atoms with Gasteiger partial charge in [-0.1, -0.05) is 6.07 Å². The van der Waals surface area contributed by atoms with E-state index in [1.807, 2.05) is 6.07 Å². The van der Waals surface area contributed by atoms with E-state index in [4.69, 9.17) is 14.5 Å². The predicted molar refractivity (Wildman–Crippen MR) is 118 cm³/mol. The van der Waals surface area contributed by atoms with Gasteiger partial charge in [0.25, 0.3) is 11.8 Å². The monoisotopic (exact) mass is 449 g/mol. The molecule has 0 aromatic carbocycles. The number of carboxylic acid groups (broad SMARTS) is 1. The fourth-order valence-corrected chi connectivity index (χ4v) is 4.36. The van der Waals surface area contributed by atoms with Gasteiger partial charge in [-0.15, -0.1) is 10.2 Å². The number of anilines is 2. The lowest BCUT2D eigenvalue weighted by Gasteiger charge is -2.24. The van der Waals surface area contributed by atoms with Gasteiger partial charge in [0, 0.05) is 25.1 Å². The number of carbonyl (C=O) groups excluding carboxylic acids is 1. The van der Waals surface area contributed by atoms with E-state index in [9.17, 15) is 9.59 Å². The van der Waals surface area contributed by atoms with E-state index in [2.05, 4.69) is 32.3 Å². The molecule has 3 aromatic heterocycles. The fraction of sp³-hybridized carbons (Fsp3) is 0.364. The van der Waals surface area contributed by atoms with Crippen LogP contribution >= 0.6 is 0 Å². The third kappa shape index (κ3) is 3.86. The second kappa shape index (κ2) is 8.15. The Bertz CT molecular complexity index is 1240. The normalized spacial score (nSPS) is 17.5. The van der Waals surface area contributed by atoms with Gasteiger partial charge in [0.15, 0.2) is 0 Å². The highest BCUT2D eigenvalue weighted by atomic mass is 16.4. The first-order valence-corrected chi connectivity index (χ1v) is 10.8. The van der Waals surface area contributed by atoms with Gasteiger partial charge in [-0.05, 0) is 38.0 Å². The van der Waals surface area contributed by atoms with Crippen LogP contribution in [0.5, 0.6) is 0 Å². The Hall–Kier alpha value is -4.02. The fourth-order valence-electron chi connectivity index (χ4n) is 4.36. The predicted octanol–water partition coefficient (Wildman–Crippen LogP) is 2.75. The van der Waals surface area contributed by atoms with Gasteiger partial charge in [0.1, 0.15) is 17.3 Å². The van der Waals surface area contributed by atoms with Crippen molar-refractivity contribution in [2.75, 3.05) is 16.3 Å². The molecule has 0 radical (unpaired) electrons. The molecule has 5 rings (SSSR count). The highest BCUT2D eigenvalue weighted by Crippen LogP contribution is 2.34. The van der Waals surface area contributed by atoms with Gasteiger partial charge in [-0.3, -0.25) is 9.69 Å². The molecule has 1 atom stereocenters. The molecule has 0 saturated carbocycles. The molecule has 11 heteroatoms. The lowest BCUT2D eigenvalue weighted by molar-refractivity contribution is 0.0996. The molecular weight excluding hydrogens is 426 g/mol. The minimum absolute atomic E-state index is 0.0174. The largest absolute Gasteiger partial charge is 0.465 e. The van der Waals surface area contributed by atoms with Crippen molar-refractivity contribution < 1.29 is 19.1 Å². The quantitative estimate of drug-likeness (QED) is 0.602. The zero-order chi connectivity index (χ0) is 23.1. The van der Waals surface area contributed by atoms with Gasteiger partial charge in [-0.2, -0.15) is 0 Å². The van der Waals surface area contributed by atoms with Crippen LogP contribution in [0.1, 0.15) is 47.3 Å². The van der Waals surface area contributed by atoms with Crippen LogP contribution in [-0.2, 0) is 13.1 Å². The van der Waals surface area contributed by atoms with Crippen molar-refractivity contribution in [3.05, 3.63) is 47.0 Å². The molecule has 2 aliphatic rings. The summed E-state index contributed by atoms with van der Waals surface area (Å²) in [4.78, 5) is 37.6. The molecule has 1 fully saturated rings. The Morgan fingerprint density at radius 1 is 1.27 bits per heavy atom. The van der Waals surface area contributed by atoms with E-state index < -0.39 is 6.09 Å². The number of nitrogens with one attached hydrogen (secondary N) is 1. The number of carbonyl (C=O) groups is 2. The van der Waals surface area contributed by atoms with Crippen LogP contribution in [0.4, 0.5) is 16.4 Å². The van der Waals surface area contributed by atoms with E-state index in [0.717, 1.165) is 19.4 Å². The Kier molecular flexibility index (Phi) is 5.15. The van der Waals surface area contributed by atoms with E-state index in [1.165, 1.54) is 0 Å². The molecule has 0 bridgehead atoms. The van der Waals surface area contributed by atoms with Gasteiger partial charge < -0.3 is 19.7 Å². The molecule has 3 aromatic rings. The molecule has 0 spiro atoms. The third-order valence-electron chi connectivity index (χ3n) is 6.00. The van der Waals surface area contributed by atoms with Crippen molar-refractivity contribution in [2.45, 2.75) is 45.8 Å². The van der Waals surface area contributed by atoms with Gasteiger partial charge in [0.2, 0.25) is 5.89 Å². The van der Waals surface area contributed by atoms with Crippen LogP contribution < -0.4 is 15.1 Å². The van der Waals surface area contributed by atoms with Gasteiger partial charge in [-0.25, -0.2) is 14.8 Å². The SMILES string of the molecule is Cc1nnc(-c2cccc(N3Cc4c(cc(N5CCC[C@H]5C)nc4CNC(=O)O)C3=O)n2)o1. The highest BCUT2D eigenvalue weighted by Gasteiger charge is 2.34. The molecule has 0 aliphatic carbocycles. The maximum absolute atomic E-state index is 13.4. The standard InChI is InChI=1S/C22H23N7O4/c1-12-5-4-8-28(12)19-9-14-15(17(25-19)10-23-22(31)32)11-29(21(14)30)18-7-3-6-16(24-18)20-27-26-13(2)33-20/h3,6-7,9,12,23H,4-5,8,10-11H2,1-2H3,(H,31,32)/t12-/m1/s1. The van der Waals surface area contributed by atoms with E-state index in [0.29, 0.717) is 46.1 Å². The Balaban J connectivity index is 1.51. The third-order valence-corrected chi connectivity index (χ3v) is 6.00.